The van der Waals surface area contributed by atoms with Gasteiger partial charge in [0.15, 0.2) is 5.43 Å². The number of nitrogens with zero attached hydrogens (tertiary/aromatic N) is 1. The van der Waals surface area contributed by atoms with Gasteiger partial charge in [-0.3, -0.25) is 4.79 Å². The number of carbonyl (C=O) groups is 1. The first kappa shape index (κ1) is 11.4. The van der Waals surface area contributed by atoms with Crippen LogP contribution in [0.3, 0.4) is 0 Å². The minimum atomic E-state index is -1.44. The van der Waals surface area contributed by atoms with E-state index >= 15 is 0 Å². The Bertz CT molecular complexity index is 345. The summed E-state index contributed by atoms with van der Waals surface area (Å²) in [6.07, 6.45) is 2.70. The first-order valence-corrected chi connectivity index (χ1v) is 2.99. The van der Waals surface area contributed by atoms with Crippen molar-refractivity contribution in [1.29, 1.82) is 0 Å². The van der Waals surface area contributed by atoms with E-state index in [0.717, 1.165) is 0 Å². The molecule has 0 atom stereocenters. The fraction of sp³-hybridized carbons (Fsp3) is 0.143. The summed E-state index contributed by atoms with van der Waals surface area (Å²) < 4.78 is 1.48. The third-order valence-corrected chi connectivity index (χ3v) is 1.28. The Morgan fingerprint density at radius 3 is 2.58 bits per heavy atom. The van der Waals surface area contributed by atoms with Crippen LogP contribution in [0.1, 0.15) is 10.4 Å². The number of carboxylic acid groups (broad SMARTS) is 1. The molecule has 0 aliphatic carbocycles. The molecule has 1 rings (SSSR count). The van der Waals surface area contributed by atoms with E-state index in [0.29, 0.717) is 0 Å². The summed E-state index contributed by atoms with van der Waals surface area (Å²) in [4.78, 5) is 21.0. The van der Waals surface area contributed by atoms with E-state index in [1.54, 1.807) is 7.05 Å². The molecule has 0 bridgehead atoms. The maximum absolute atomic E-state index is 10.8. The van der Waals surface area contributed by atoms with Crippen molar-refractivity contribution < 1.29 is 39.5 Å². The molecule has 0 aliphatic heterocycles. The SMILES string of the molecule is Cn1ccc(=O)c(C(=O)[O-])c1.[Na+]. The van der Waals surface area contributed by atoms with E-state index in [9.17, 15) is 14.7 Å². The summed E-state index contributed by atoms with van der Waals surface area (Å²) in [6, 6.07) is 1.19. The Kier molecular flexibility index (Phi) is 4.23. The second-order valence-corrected chi connectivity index (χ2v) is 2.18. The topological polar surface area (TPSA) is 62.1 Å². The van der Waals surface area contributed by atoms with Gasteiger partial charge in [0.1, 0.15) is 0 Å². The Labute approximate surface area is 91.1 Å². The van der Waals surface area contributed by atoms with E-state index in [-0.39, 0.29) is 35.1 Å². The van der Waals surface area contributed by atoms with Crippen LogP contribution in [0.4, 0.5) is 0 Å². The number of hydrogen-bond donors (Lipinski definition) is 0. The van der Waals surface area contributed by atoms with Crippen LogP contribution >= 0.6 is 0 Å². The molecule has 0 unspecified atom stereocenters. The average Bonchev–Trinajstić information content (AvgIpc) is 1.94. The molecule has 58 valence electrons. The Hall–Kier alpha value is -0.580. The number of rotatable bonds is 1. The quantitative estimate of drug-likeness (QED) is 0.406. The molecule has 0 amide bonds. The third-order valence-electron chi connectivity index (χ3n) is 1.28. The summed E-state index contributed by atoms with van der Waals surface area (Å²) in [5.41, 5.74) is -0.835. The maximum Gasteiger partial charge on any atom is 1.00 e. The minimum Gasteiger partial charge on any atom is -0.545 e. The number of aromatic nitrogens is 1. The first-order valence-electron chi connectivity index (χ1n) is 2.99. The van der Waals surface area contributed by atoms with Crippen LogP contribution in [0.5, 0.6) is 0 Å². The van der Waals surface area contributed by atoms with Gasteiger partial charge in [-0.2, -0.15) is 0 Å². The molecule has 1 heterocycles. The largest absolute Gasteiger partial charge is 1.00 e. The zero-order chi connectivity index (χ0) is 8.43. The zero-order valence-corrected chi connectivity index (χ0v) is 8.90. The molecule has 1 aromatic rings. The molecule has 0 saturated heterocycles. The molecule has 5 heteroatoms. The fourth-order valence-electron chi connectivity index (χ4n) is 0.739. The standard InChI is InChI=1S/C7H7NO3.Na/c1-8-3-2-6(9)5(4-8)7(10)11;/h2-4H,1H3,(H,10,11);/q;+1/p-1. The van der Waals surface area contributed by atoms with Crippen molar-refractivity contribution in [1.82, 2.24) is 4.57 Å². The molecule has 0 saturated carbocycles. The number of carboxylic acids is 1. The monoisotopic (exact) mass is 175 g/mol. The minimum absolute atomic E-state index is 0. The van der Waals surface area contributed by atoms with Crippen LogP contribution < -0.4 is 40.1 Å². The molecule has 4 nitrogen and oxygen atoms in total. The van der Waals surface area contributed by atoms with Crippen LogP contribution in [0.15, 0.2) is 23.3 Å². The number of carbonyl (C=O) groups excluding carboxylic acids is 1. The van der Waals surface area contributed by atoms with Gasteiger partial charge in [0.25, 0.3) is 0 Å². The molecule has 1 aromatic heterocycles. The van der Waals surface area contributed by atoms with E-state index in [1.807, 2.05) is 0 Å². The number of aryl methyl sites for hydroxylation is 1. The Morgan fingerprint density at radius 2 is 2.17 bits per heavy atom. The van der Waals surface area contributed by atoms with Crippen molar-refractivity contribution in [3.05, 3.63) is 34.2 Å². The third kappa shape index (κ3) is 2.48. The number of pyridine rings is 1. The van der Waals surface area contributed by atoms with Crippen molar-refractivity contribution in [2.45, 2.75) is 0 Å². The normalized spacial score (nSPS) is 8.75. The fourth-order valence-corrected chi connectivity index (χ4v) is 0.739. The summed E-state index contributed by atoms with van der Waals surface area (Å²) >= 11 is 0. The predicted molar refractivity (Wildman–Crippen MR) is 36.0 cm³/mol. The van der Waals surface area contributed by atoms with E-state index in [1.165, 1.54) is 23.0 Å². The average molecular weight is 175 g/mol. The Morgan fingerprint density at radius 1 is 1.58 bits per heavy atom. The van der Waals surface area contributed by atoms with Crippen molar-refractivity contribution in [2.24, 2.45) is 7.05 Å². The van der Waals surface area contributed by atoms with Crippen LogP contribution in [0.25, 0.3) is 0 Å². The van der Waals surface area contributed by atoms with Gasteiger partial charge in [-0.1, -0.05) is 0 Å². The van der Waals surface area contributed by atoms with Gasteiger partial charge in [0.05, 0.1) is 11.5 Å². The van der Waals surface area contributed by atoms with Gasteiger partial charge in [-0.05, 0) is 0 Å². The van der Waals surface area contributed by atoms with Gasteiger partial charge >= 0.3 is 29.6 Å². The summed E-state index contributed by atoms with van der Waals surface area (Å²) in [7, 11) is 1.63. The van der Waals surface area contributed by atoms with Gasteiger partial charge in [-0.25, -0.2) is 0 Å². The number of hydrogen-bond acceptors (Lipinski definition) is 3. The molecule has 0 N–H and O–H groups in total. The van der Waals surface area contributed by atoms with Crippen molar-refractivity contribution in [2.75, 3.05) is 0 Å². The molecule has 0 radical (unpaired) electrons. The molecule has 12 heavy (non-hydrogen) atoms. The van der Waals surface area contributed by atoms with Crippen molar-refractivity contribution in [3.8, 4) is 0 Å². The number of aromatic carboxylic acids is 1. The van der Waals surface area contributed by atoms with Gasteiger partial charge < -0.3 is 14.5 Å². The van der Waals surface area contributed by atoms with Crippen LogP contribution in [0.2, 0.25) is 0 Å². The molecule has 0 aromatic carbocycles. The summed E-state index contributed by atoms with van der Waals surface area (Å²) in [5, 5.41) is 10.2. The molecule has 0 aliphatic rings. The smallest absolute Gasteiger partial charge is 0.545 e. The summed E-state index contributed by atoms with van der Waals surface area (Å²) in [6.45, 7) is 0. The molecular weight excluding hydrogens is 169 g/mol. The zero-order valence-electron chi connectivity index (χ0n) is 6.90. The van der Waals surface area contributed by atoms with Crippen LogP contribution in [-0.2, 0) is 7.05 Å². The molecule has 0 fully saturated rings. The van der Waals surface area contributed by atoms with E-state index < -0.39 is 11.4 Å². The Balaban J connectivity index is 0.00000121. The van der Waals surface area contributed by atoms with Crippen molar-refractivity contribution >= 4 is 5.97 Å². The second-order valence-electron chi connectivity index (χ2n) is 2.18. The molecule has 0 spiro atoms. The molecular formula is C7H6NNaO3. The second kappa shape index (κ2) is 4.45. The van der Waals surface area contributed by atoms with Gasteiger partial charge in [0, 0.05) is 25.5 Å². The van der Waals surface area contributed by atoms with Crippen LogP contribution in [-0.4, -0.2) is 10.5 Å². The van der Waals surface area contributed by atoms with Gasteiger partial charge in [-0.15, -0.1) is 0 Å². The van der Waals surface area contributed by atoms with Crippen molar-refractivity contribution in [3.63, 3.8) is 0 Å². The van der Waals surface area contributed by atoms with Gasteiger partial charge in [0.2, 0.25) is 0 Å². The first-order chi connectivity index (χ1) is 5.11. The maximum atomic E-state index is 10.8. The van der Waals surface area contributed by atoms with Crippen LogP contribution in [0, 0.1) is 0 Å². The predicted octanol–water partition coefficient (Wildman–Crippen LogP) is -4.25. The summed E-state index contributed by atoms with van der Waals surface area (Å²) in [5.74, 6) is -1.44. The van der Waals surface area contributed by atoms with E-state index in [4.69, 9.17) is 0 Å². The van der Waals surface area contributed by atoms with E-state index in [2.05, 4.69) is 0 Å².